The van der Waals surface area contributed by atoms with Gasteiger partial charge < -0.3 is 0 Å². The first-order valence-corrected chi connectivity index (χ1v) is 8.94. The minimum atomic E-state index is -0.448. The van der Waals surface area contributed by atoms with E-state index >= 15 is 0 Å². The summed E-state index contributed by atoms with van der Waals surface area (Å²) in [6.07, 6.45) is 0.0763. The lowest BCUT2D eigenvalue weighted by molar-refractivity contribution is -0.385. The zero-order valence-electron chi connectivity index (χ0n) is 15.0. The third kappa shape index (κ3) is 5.42. The van der Waals surface area contributed by atoms with E-state index in [1.54, 1.807) is 30.3 Å². The van der Waals surface area contributed by atoms with Gasteiger partial charge in [-0.1, -0.05) is 30.3 Å². The molecule has 1 fully saturated rings. The number of nitro benzene ring substituents is 1. The Hall–Kier alpha value is -2.64. The summed E-state index contributed by atoms with van der Waals surface area (Å²) in [5.41, 5.74) is 1.52. The van der Waals surface area contributed by atoms with Crippen LogP contribution in [0.5, 0.6) is 0 Å². The third-order valence-electron chi connectivity index (χ3n) is 4.76. The number of nitro groups is 1. The summed E-state index contributed by atoms with van der Waals surface area (Å²) >= 11 is 0. The van der Waals surface area contributed by atoms with Gasteiger partial charge in [0.1, 0.15) is 5.82 Å². The molecule has 1 aliphatic heterocycles. The fourth-order valence-corrected chi connectivity index (χ4v) is 3.31. The molecule has 0 spiro atoms. The zero-order chi connectivity index (χ0) is 19.2. The molecule has 27 heavy (non-hydrogen) atoms. The van der Waals surface area contributed by atoms with Gasteiger partial charge >= 0.3 is 0 Å². The normalized spacial score (nSPS) is 15.6. The summed E-state index contributed by atoms with van der Waals surface area (Å²) < 4.78 is 13.0. The smallest absolute Gasteiger partial charge is 0.273 e. The zero-order valence-corrected chi connectivity index (χ0v) is 15.0. The molecule has 2 aromatic rings. The van der Waals surface area contributed by atoms with Crippen molar-refractivity contribution in [3.63, 3.8) is 0 Å². The highest BCUT2D eigenvalue weighted by atomic mass is 19.1. The van der Waals surface area contributed by atoms with Gasteiger partial charge in [-0.05, 0) is 17.7 Å². The lowest BCUT2D eigenvalue weighted by Gasteiger charge is -2.34. The molecule has 0 unspecified atom stereocenters. The number of Topliss-reactive ketones (excluding diaryl/α,β-unsaturated/α-hetero) is 1. The average Bonchev–Trinajstić information content (AvgIpc) is 2.65. The van der Waals surface area contributed by atoms with Gasteiger partial charge in [0.25, 0.3) is 5.69 Å². The molecule has 6 nitrogen and oxygen atoms in total. The Bertz CT molecular complexity index is 802. The van der Waals surface area contributed by atoms with Crippen LogP contribution in [0.25, 0.3) is 0 Å². The number of halogens is 1. The molecule has 142 valence electrons. The van der Waals surface area contributed by atoms with Crippen LogP contribution in [0.1, 0.15) is 11.1 Å². The van der Waals surface area contributed by atoms with E-state index in [0.717, 1.165) is 38.3 Å². The van der Waals surface area contributed by atoms with Crippen LogP contribution >= 0.6 is 0 Å². The molecular weight excluding hydrogens is 349 g/mol. The topological polar surface area (TPSA) is 66.7 Å². The van der Waals surface area contributed by atoms with E-state index in [1.807, 2.05) is 0 Å². The Labute approximate surface area is 157 Å². The van der Waals surface area contributed by atoms with Gasteiger partial charge in [-0.15, -0.1) is 0 Å². The molecule has 1 heterocycles. The van der Waals surface area contributed by atoms with E-state index in [2.05, 4.69) is 9.80 Å². The number of hydrogen-bond acceptors (Lipinski definition) is 5. The van der Waals surface area contributed by atoms with Gasteiger partial charge in [0.2, 0.25) is 0 Å². The summed E-state index contributed by atoms with van der Waals surface area (Å²) in [6, 6.07) is 12.9. The predicted molar refractivity (Wildman–Crippen MR) is 99.9 cm³/mol. The van der Waals surface area contributed by atoms with E-state index in [1.165, 1.54) is 18.2 Å². The number of piperazine rings is 1. The van der Waals surface area contributed by atoms with Crippen molar-refractivity contribution in [1.82, 2.24) is 9.80 Å². The van der Waals surface area contributed by atoms with Gasteiger partial charge in [0.15, 0.2) is 5.78 Å². The van der Waals surface area contributed by atoms with Crippen molar-refractivity contribution < 1.29 is 14.1 Å². The summed E-state index contributed by atoms with van der Waals surface area (Å²) in [7, 11) is 0. The first-order valence-electron chi connectivity index (χ1n) is 8.94. The van der Waals surface area contributed by atoms with E-state index in [9.17, 15) is 19.3 Å². The maximum absolute atomic E-state index is 13.0. The van der Waals surface area contributed by atoms with Crippen LogP contribution in [-0.2, 0) is 17.8 Å². The molecule has 0 saturated carbocycles. The second-order valence-corrected chi connectivity index (χ2v) is 6.78. The second kappa shape index (κ2) is 8.83. The molecule has 3 rings (SSSR count). The van der Waals surface area contributed by atoms with E-state index in [-0.39, 0.29) is 23.7 Å². The van der Waals surface area contributed by atoms with Crippen LogP contribution in [0.4, 0.5) is 10.1 Å². The Balaban J connectivity index is 1.47. The third-order valence-corrected chi connectivity index (χ3v) is 4.76. The number of carbonyl (C=O) groups excluding carboxylic acids is 1. The van der Waals surface area contributed by atoms with Crippen molar-refractivity contribution >= 4 is 11.5 Å². The molecule has 1 saturated heterocycles. The maximum Gasteiger partial charge on any atom is 0.273 e. The van der Waals surface area contributed by atoms with Crippen LogP contribution in [0, 0.1) is 15.9 Å². The van der Waals surface area contributed by atoms with Crippen molar-refractivity contribution in [2.45, 2.75) is 13.0 Å². The molecule has 0 atom stereocenters. The molecule has 1 aliphatic rings. The Morgan fingerprint density at radius 1 is 1.00 bits per heavy atom. The average molecular weight is 371 g/mol. The first-order chi connectivity index (χ1) is 13.0. The molecule has 0 radical (unpaired) electrons. The van der Waals surface area contributed by atoms with Crippen LogP contribution in [0.2, 0.25) is 0 Å². The van der Waals surface area contributed by atoms with Gasteiger partial charge in [-0.25, -0.2) is 4.39 Å². The molecular formula is C20H22FN3O3. The molecule has 7 heteroatoms. The highest BCUT2D eigenvalue weighted by Crippen LogP contribution is 2.18. The van der Waals surface area contributed by atoms with E-state index in [4.69, 9.17) is 0 Å². The number of hydrogen-bond donors (Lipinski definition) is 0. The molecule has 0 N–H and O–H groups in total. The lowest BCUT2D eigenvalue weighted by Crippen LogP contribution is -2.47. The Morgan fingerprint density at radius 2 is 1.63 bits per heavy atom. The van der Waals surface area contributed by atoms with E-state index < -0.39 is 4.92 Å². The molecule has 0 bridgehead atoms. The molecule has 2 aromatic carbocycles. The minimum Gasteiger partial charge on any atom is -0.298 e. The Kier molecular flexibility index (Phi) is 6.26. The summed E-state index contributed by atoms with van der Waals surface area (Å²) in [5, 5.41) is 11.1. The quantitative estimate of drug-likeness (QED) is 0.553. The number of rotatable bonds is 7. The van der Waals surface area contributed by atoms with Crippen LogP contribution in [0.15, 0.2) is 48.5 Å². The Morgan fingerprint density at radius 3 is 2.30 bits per heavy atom. The standard InChI is InChI=1S/C20H22FN3O3/c21-18-7-5-16(6-8-18)14-22-9-11-23(12-10-22)15-19(25)13-17-3-1-2-4-20(17)24(26)27/h1-8H,9-15H2. The highest BCUT2D eigenvalue weighted by molar-refractivity contribution is 5.83. The minimum absolute atomic E-state index is 0.00466. The first kappa shape index (κ1) is 19.1. The summed E-state index contributed by atoms with van der Waals surface area (Å²) in [5.74, 6) is -0.253. The highest BCUT2D eigenvalue weighted by Gasteiger charge is 2.21. The number of nitrogens with zero attached hydrogens (tertiary/aromatic N) is 3. The number of para-hydroxylation sites is 1. The van der Waals surface area contributed by atoms with Crippen LogP contribution < -0.4 is 0 Å². The summed E-state index contributed by atoms with van der Waals surface area (Å²) in [6.45, 7) is 4.26. The predicted octanol–water partition coefficient (Wildman–Crippen LogP) is 2.66. The largest absolute Gasteiger partial charge is 0.298 e. The SMILES string of the molecule is O=C(Cc1ccccc1[N+](=O)[O-])CN1CCN(Cc2ccc(F)cc2)CC1. The summed E-state index contributed by atoms with van der Waals surface area (Å²) in [4.78, 5) is 27.3. The number of benzene rings is 2. The molecule has 0 aromatic heterocycles. The molecule has 0 amide bonds. The van der Waals surface area contributed by atoms with Crippen molar-refractivity contribution in [2.75, 3.05) is 32.7 Å². The second-order valence-electron chi connectivity index (χ2n) is 6.78. The van der Waals surface area contributed by atoms with Crippen molar-refractivity contribution in [3.8, 4) is 0 Å². The van der Waals surface area contributed by atoms with Gasteiger partial charge in [-0.2, -0.15) is 0 Å². The van der Waals surface area contributed by atoms with Crippen LogP contribution in [-0.4, -0.2) is 53.2 Å². The fourth-order valence-electron chi connectivity index (χ4n) is 3.31. The van der Waals surface area contributed by atoms with E-state index in [0.29, 0.717) is 12.1 Å². The maximum atomic E-state index is 13.0. The van der Waals surface area contributed by atoms with Crippen molar-refractivity contribution in [1.29, 1.82) is 0 Å². The lowest BCUT2D eigenvalue weighted by atomic mass is 10.1. The monoisotopic (exact) mass is 371 g/mol. The van der Waals surface area contributed by atoms with Crippen molar-refractivity contribution in [2.24, 2.45) is 0 Å². The van der Waals surface area contributed by atoms with Gasteiger partial charge in [0, 0.05) is 50.8 Å². The molecule has 0 aliphatic carbocycles. The van der Waals surface area contributed by atoms with Crippen molar-refractivity contribution in [3.05, 3.63) is 75.6 Å². The van der Waals surface area contributed by atoms with Crippen LogP contribution in [0.3, 0.4) is 0 Å². The number of carbonyl (C=O) groups is 1. The fraction of sp³-hybridized carbons (Fsp3) is 0.350. The van der Waals surface area contributed by atoms with Gasteiger partial charge in [0.05, 0.1) is 11.5 Å². The van der Waals surface area contributed by atoms with Gasteiger partial charge in [-0.3, -0.25) is 24.7 Å². The number of ketones is 1.